The van der Waals surface area contributed by atoms with E-state index >= 15 is 0 Å². The van der Waals surface area contributed by atoms with E-state index in [2.05, 4.69) is 10.3 Å². The highest BCUT2D eigenvalue weighted by molar-refractivity contribution is 5.98. The predicted octanol–water partition coefficient (Wildman–Crippen LogP) is 4.04. The van der Waals surface area contributed by atoms with Crippen LogP contribution >= 0.6 is 0 Å². The largest absolute Gasteiger partial charge is 0.351 e. The van der Waals surface area contributed by atoms with Crippen LogP contribution in [-0.2, 0) is 6.54 Å². The van der Waals surface area contributed by atoms with Crippen molar-refractivity contribution in [3.8, 4) is 0 Å². The minimum Gasteiger partial charge on any atom is -0.351 e. The maximum Gasteiger partial charge on any atom is 0.267 e. The Morgan fingerprint density at radius 3 is 2.59 bits per heavy atom. The lowest BCUT2D eigenvalue weighted by Gasteiger charge is -2.03. The lowest BCUT2D eigenvalue weighted by atomic mass is 10.2. The molecule has 2 N–H and O–H groups in total. The standard InChI is InChI=1S/C17H14F2N2O/c18-16(19)13-7-6-12-8-15(21-14(12)9-13)17(22)20-10-11-4-2-1-3-5-11/h1-9,16,21H,10H2,(H,20,22). The molecule has 0 aliphatic rings. The number of hydrogen-bond donors (Lipinski definition) is 2. The number of hydrogen-bond acceptors (Lipinski definition) is 1. The van der Waals surface area contributed by atoms with Gasteiger partial charge in [0.15, 0.2) is 0 Å². The molecule has 3 aromatic rings. The fourth-order valence-electron chi connectivity index (χ4n) is 2.28. The van der Waals surface area contributed by atoms with E-state index in [1.807, 2.05) is 30.3 Å². The third-order valence-corrected chi connectivity index (χ3v) is 3.44. The molecule has 0 aliphatic heterocycles. The van der Waals surface area contributed by atoms with E-state index in [0.29, 0.717) is 17.8 Å². The summed E-state index contributed by atoms with van der Waals surface area (Å²) >= 11 is 0. The third-order valence-electron chi connectivity index (χ3n) is 3.44. The molecule has 112 valence electrons. The molecule has 1 aromatic heterocycles. The molecule has 0 radical (unpaired) electrons. The molecular weight excluding hydrogens is 286 g/mol. The number of carbonyl (C=O) groups excluding carboxylic acids is 1. The van der Waals surface area contributed by atoms with Crippen LogP contribution in [0.1, 0.15) is 28.0 Å². The smallest absolute Gasteiger partial charge is 0.267 e. The first-order valence-electron chi connectivity index (χ1n) is 6.86. The molecule has 0 bridgehead atoms. The summed E-state index contributed by atoms with van der Waals surface area (Å²) < 4.78 is 25.4. The Hall–Kier alpha value is -2.69. The summed E-state index contributed by atoms with van der Waals surface area (Å²) in [6, 6.07) is 15.5. The Labute approximate surface area is 126 Å². The first-order chi connectivity index (χ1) is 10.6. The number of aromatic amines is 1. The molecular formula is C17H14F2N2O. The number of benzene rings is 2. The summed E-state index contributed by atoms with van der Waals surface area (Å²) in [5, 5.41) is 3.53. The van der Waals surface area contributed by atoms with Crippen LogP contribution in [0.4, 0.5) is 8.78 Å². The van der Waals surface area contributed by atoms with E-state index in [9.17, 15) is 13.6 Å². The summed E-state index contributed by atoms with van der Waals surface area (Å²) in [7, 11) is 0. The van der Waals surface area contributed by atoms with Gasteiger partial charge in [-0.25, -0.2) is 8.78 Å². The molecule has 0 atom stereocenters. The van der Waals surface area contributed by atoms with Crippen LogP contribution in [-0.4, -0.2) is 10.9 Å². The van der Waals surface area contributed by atoms with Crippen molar-refractivity contribution in [2.24, 2.45) is 0 Å². The Morgan fingerprint density at radius 2 is 1.86 bits per heavy atom. The van der Waals surface area contributed by atoms with Crippen LogP contribution in [0.2, 0.25) is 0 Å². The van der Waals surface area contributed by atoms with E-state index < -0.39 is 6.43 Å². The van der Waals surface area contributed by atoms with Gasteiger partial charge >= 0.3 is 0 Å². The van der Waals surface area contributed by atoms with Crippen LogP contribution in [0.5, 0.6) is 0 Å². The fraction of sp³-hybridized carbons (Fsp3) is 0.118. The van der Waals surface area contributed by atoms with Crippen molar-refractivity contribution in [1.82, 2.24) is 10.3 Å². The van der Waals surface area contributed by atoms with Crippen molar-refractivity contribution in [3.05, 3.63) is 71.4 Å². The lowest BCUT2D eigenvalue weighted by molar-refractivity contribution is 0.0946. The molecule has 1 heterocycles. The van der Waals surface area contributed by atoms with Gasteiger partial charge in [0.1, 0.15) is 5.69 Å². The van der Waals surface area contributed by atoms with Crippen molar-refractivity contribution in [1.29, 1.82) is 0 Å². The number of rotatable bonds is 4. The molecule has 3 rings (SSSR count). The van der Waals surface area contributed by atoms with Crippen molar-refractivity contribution in [2.75, 3.05) is 0 Å². The van der Waals surface area contributed by atoms with E-state index in [0.717, 1.165) is 10.9 Å². The normalized spacial score (nSPS) is 11.0. The Kier molecular flexibility index (Phi) is 3.87. The quantitative estimate of drug-likeness (QED) is 0.750. The number of H-pyrrole nitrogens is 1. The zero-order valence-electron chi connectivity index (χ0n) is 11.6. The molecule has 1 amide bonds. The van der Waals surface area contributed by atoms with Crippen molar-refractivity contribution >= 4 is 16.8 Å². The van der Waals surface area contributed by atoms with Crippen LogP contribution in [0, 0.1) is 0 Å². The molecule has 0 aliphatic carbocycles. The van der Waals surface area contributed by atoms with Gasteiger partial charge in [0.2, 0.25) is 0 Å². The Morgan fingerprint density at radius 1 is 1.09 bits per heavy atom. The van der Waals surface area contributed by atoms with Gasteiger partial charge in [0.05, 0.1) is 0 Å². The molecule has 22 heavy (non-hydrogen) atoms. The minimum atomic E-state index is -2.52. The van der Waals surface area contributed by atoms with Gasteiger partial charge in [-0.2, -0.15) is 0 Å². The van der Waals surface area contributed by atoms with Gasteiger partial charge in [-0.3, -0.25) is 4.79 Å². The predicted molar refractivity (Wildman–Crippen MR) is 80.9 cm³/mol. The number of aromatic nitrogens is 1. The summed E-state index contributed by atoms with van der Waals surface area (Å²) in [6.45, 7) is 0.414. The molecule has 0 fully saturated rings. The topological polar surface area (TPSA) is 44.9 Å². The summed E-state index contributed by atoms with van der Waals surface area (Å²) in [5.74, 6) is -0.265. The number of nitrogens with one attached hydrogen (secondary N) is 2. The molecule has 3 nitrogen and oxygen atoms in total. The van der Waals surface area contributed by atoms with E-state index in [1.165, 1.54) is 12.1 Å². The molecule has 0 saturated carbocycles. The Bertz CT molecular complexity index is 797. The molecule has 2 aromatic carbocycles. The highest BCUT2D eigenvalue weighted by atomic mass is 19.3. The van der Waals surface area contributed by atoms with Crippen LogP contribution in [0.15, 0.2) is 54.6 Å². The molecule has 5 heteroatoms. The minimum absolute atomic E-state index is 0.0643. The molecule has 0 unspecified atom stereocenters. The fourth-order valence-corrected chi connectivity index (χ4v) is 2.28. The van der Waals surface area contributed by atoms with Gasteiger partial charge in [-0.1, -0.05) is 42.5 Å². The zero-order chi connectivity index (χ0) is 15.5. The number of carbonyl (C=O) groups is 1. The number of fused-ring (bicyclic) bond motifs is 1. The monoisotopic (exact) mass is 300 g/mol. The van der Waals surface area contributed by atoms with Gasteiger partial charge in [-0.15, -0.1) is 0 Å². The van der Waals surface area contributed by atoms with Crippen molar-refractivity contribution < 1.29 is 13.6 Å². The number of alkyl halides is 2. The lowest BCUT2D eigenvalue weighted by Crippen LogP contribution is -2.22. The maximum atomic E-state index is 12.7. The number of halogens is 2. The molecule has 0 spiro atoms. The first kappa shape index (κ1) is 14.3. The zero-order valence-corrected chi connectivity index (χ0v) is 11.6. The van der Waals surface area contributed by atoms with E-state index in [4.69, 9.17) is 0 Å². The summed E-state index contributed by atoms with van der Waals surface area (Å²) in [4.78, 5) is 15.0. The van der Waals surface area contributed by atoms with Crippen LogP contribution in [0.3, 0.4) is 0 Å². The van der Waals surface area contributed by atoms with E-state index in [1.54, 1.807) is 12.1 Å². The highest BCUT2D eigenvalue weighted by Gasteiger charge is 2.12. The van der Waals surface area contributed by atoms with Crippen molar-refractivity contribution in [2.45, 2.75) is 13.0 Å². The SMILES string of the molecule is O=C(NCc1ccccc1)c1cc2ccc(C(F)F)cc2[nH]1. The number of amides is 1. The average Bonchev–Trinajstić information content (AvgIpc) is 2.96. The average molecular weight is 300 g/mol. The Balaban J connectivity index is 1.76. The van der Waals surface area contributed by atoms with Gasteiger partial charge in [-0.05, 0) is 17.7 Å². The second-order valence-corrected chi connectivity index (χ2v) is 5.00. The second kappa shape index (κ2) is 5.97. The van der Waals surface area contributed by atoms with Crippen LogP contribution in [0.25, 0.3) is 10.9 Å². The first-order valence-corrected chi connectivity index (χ1v) is 6.86. The summed E-state index contributed by atoms with van der Waals surface area (Å²) in [5.41, 5.74) is 1.82. The summed E-state index contributed by atoms with van der Waals surface area (Å²) in [6.07, 6.45) is -2.52. The third kappa shape index (κ3) is 2.98. The molecule has 0 saturated heterocycles. The van der Waals surface area contributed by atoms with Crippen molar-refractivity contribution in [3.63, 3.8) is 0 Å². The maximum absolute atomic E-state index is 12.7. The van der Waals surface area contributed by atoms with Gasteiger partial charge < -0.3 is 10.3 Å². The highest BCUT2D eigenvalue weighted by Crippen LogP contribution is 2.24. The van der Waals surface area contributed by atoms with Gasteiger partial charge in [0, 0.05) is 23.0 Å². The van der Waals surface area contributed by atoms with E-state index in [-0.39, 0.29) is 11.5 Å². The second-order valence-electron chi connectivity index (χ2n) is 5.00. The van der Waals surface area contributed by atoms with Gasteiger partial charge in [0.25, 0.3) is 12.3 Å². The van der Waals surface area contributed by atoms with Crippen LogP contribution < -0.4 is 5.32 Å².